The molecule has 0 unspecified atom stereocenters. The molecule has 2 N–H and O–H groups in total. The van der Waals surface area contributed by atoms with Gasteiger partial charge in [0.15, 0.2) is 0 Å². The fourth-order valence-corrected chi connectivity index (χ4v) is 5.46. The number of ether oxygens (including phenoxy) is 1. The molecule has 1 aliphatic carbocycles. The number of halogens is 1. The quantitative estimate of drug-likeness (QED) is 0.340. The Morgan fingerprint density at radius 2 is 1.84 bits per heavy atom. The van der Waals surface area contributed by atoms with Crippen LogP contribution in [0.2, 0.25) is 0 Å². The fourth-order valence-electron chi connectivity index (χ4n) is 4.35. The van der Waals surface area contributed by atoms with Crippen molar-refractivity contribution < 1.29 is 22.3 Å². The second-order valence-electron chi connectivity index (χ2n) is 9.08. The number of hydrogen-bond donors (Lipinski definition) is 2. The van der Waals surface area contributed by atoms with Gasteiger partial charge in [0.2, 0.25) is 10.0 Å². The molecule has 0 radical (unpaired) electrons. The smallest absolute Gasteiger partial charge is 0.255 e. The van der Waals surface area contributed by atoms with E-state index in [1.165, 1.54) is 23.7 Å². The van der Waals surface area contributed by atoms with Crippen LogP contribution in [0.4, 0.5) is 10.1 Å². The summed E-state index contributed by atoms with van der Waals surface area (Å²) in [5, 5.41) is 7.24. The minimum atomic E-state index is -3.67. The molecule has 5 rings (SSSR count). The van der Waals surface area contributed by atoms with Crippen molar-refractivity contribution in [1.82, 2.24) is 14.9 Å². The van der Waals surface area contributed by atoms with Crippen LogP contribution in [-0.2, 0) is 16.4 Å². The van der Waals surface area contributed by atoms with E-state index in [2.05, 4.69) is 15.1 Å². The summed E-state index contributed by atoms with van der Waals surface area (Å²) in [5.74, 6) is 0.0963. The van der Waals surface area contributed by atoms with Crippen LogP contribution in [0.3, 0.4) is 0 Å². The van der Waals surface area contributed by atoms with Crippen molar-refractivity contribution in [2.24, 2.45) is 0 Å². The van der Waals surface area contributed by atoms with E-state index in [-0.39, 0.29) is 17.6 Å². The third-order valence-corrected chi connectivity index (χ3v) is 7.75. The van der Waals surface area contributed by atoms with Gasteiger partial charge in [0.1, 0.15) is 17.3 Å². The van der Waals surface area contributed by atoms with Crippen LogP contribution in [0.5, 0.6) is 5.75 Å². The van der Waals surface area contributed by atoms with Gasteiger partial charge >= 0.3 is 0 Å². The standard InChI is InChI=1S/C27H27FN4O4S/c1-29-27(33)25-24-15-22(18-5-6-18)23(16-32(24)30-26(25)19-7-9-20(28)10-8-19)31-37(34,35)14-13-17-3-11-21(36-2)12-4-17/h3-4,7-12,15-16,18,31H,5-6,13-14H2,1-2H3,(H,29,33). The van der Waals surface area contributed by atoms with Crippen LogP contribution in [0.25, 0.3) is 16.8 Å². The molecule has 1 saturated carbocycles. The zero-order valence-electron chi connectivity index (χ0n) is 20.5. The Kier molecular flexibility index (Phi) is 6.59. The van der Waals surface area contributed by atoms with Crippen LogP contribution in [0, 0.1) is 5.82 Å². The Bertz CT molecular complexity index is 1560. The number of fused-ring (bicyclic) bond motifs is 1. The highest BCUT2D eigenvalue weighted by Gasteiger charge is 2.30. The second-order valence-corrected chi connectivity index (χ2v) is 10.9. The first-order chi connectivity index (χ1) is 17.8. The molecule has 1 fully saturated rings. The molecule has 0 saturated heterocycles. The molecule has 2 heterocycles. The largest absolute Gasteiger partial charge is 0.497 e. The molecule has 2 aromatic carbocycles. The van der Waals surface area contributed by atoms with Crippen molar-refractivity contribution in [1.29, 1.82) is 0 Å². The summed E-state index contributed by atoms with van der Waals surface area (Å²) in [5.41, 5.74) is 4.04. The average Bonchev–Trinajstić information content (AvgIpc) is 3.67. The van der Waals surface area contributed by atoms with E-state index < -0.39 is 15.8 Å². The number of hydrogen-bond acceptors (Lipinski definition) is 5. The van der Waals surface area contributed by atoms with Gasteiger partial charge in [-0.25, -0.2) is 17.3 Å². The van der Waals surface area contributed by atoms with E-state index in [4.69, 9.17) is 4.74 Å². The van der Waals surface area contributed by atoms with Crippen molar-refractivity contribution in [3.63, 3.8) is 0 Å². The number of nitrogens with zero attached hydrogens (tertiary/aromatic N) is 2. The number of rotatable bonds is 9. The molecule has 10 heteroatoms. The van der Waals surface area contributed by atoms with E-state index in [0.717, 1.165) is 24.0 Å². The first kappa shape index (κ1) is 24.8. The molecule has 8 nitrogen and oxygen atoms in total. The van der Waals surface area contributed by atoms with Gasteiger partial charge in [-0.05, 0) is 78.8 Å². The Labute approximate surface area is 214 Å². The summed E-state index contributed by atoms with van der Waals surface area (Å²) < 4.78 is 49.0. The summed E-state index contributed by atoms with van der Waals surface area (Å²) in [7, 11) is -0.554. The summed E-state index contributed by atoms with van der Waals surface area (Å²) in [6.45, 7) is 0. The highest BCUT2D eigenvalue weighted by atomic mass is 32.2. The highest BCUT2D eigenvalue weighted by Crippen LogP contribution is 2.45. The minimum absolute atomic E-state index is 0.0924. The monoisotopic (exact) mass is 522 g/mol. The molecular formula is C27H27FN4O4S. The molecule has 4 aromatic rings. The minimum Gasteiger partial charge on any atom is -0.497 e. The number of nitrogens with one attached hydrogen (secondary N) is 2. The van der Waals surface area contributed by atoms with Gasteiger partial charge in [0.05, 0.1) is 35.8 Å². The number of benzene rings is 2. The van der Waals surface area contributed by atoms with E-state index in [1.54, 1.807) is 37.6 Å². The lowest BCUT2D eigenvalue weighted by Gasteiger charge is -2.13. The lowest BCUT2D eigenvalue weighted by molar-refractivity contribution is 0.0965. The Hall–Kier alpha value is -3.92. The average molecular weight is 523 g/mol. The van der Waals surface area contributed by atoms with E-state index in [9.17, 15) is 17.6 Å². The van der Waals surface area contributed by atoms with Crippen LogP contribution >= 0.6 is 0 Å². The van der Waals surface area contributed by atoms with Crippen molar-refractivity contribution in [2.75, 3.05) is 24.6 Å². The van der Waals surface area contributed by atoms with E-state index in [1.807, 2.05) is 18.2 Å². The molecule has 0 atom stereocenters. The third-order valence-electron chi connectivity index (χ3n) is 6.48. The first-order valence-electron chi connectivity index (χ1n) is 12.0. The summed E-state index contributed by atoms with van der Waals surface area (Å²) >= 11 is 0. The maximum Gasteiger partial charge on any atom is 0.255 e. The number of methoxy groups -OCH3 is 1. The van der Waals surface area contributed by atoms with E-state index in [0.29, 0.717) is 40.2 Å². The van der Waals surface area contributed by atoms with Crippen molar-refractivity contribution in [2.45, 2.75) is 25.2 Å². The first-order valence-corrected chi connectivity index (χ1v) is 13.6. The van der Waals surface area contributed by atoms with Gasteiger partial charge < -0.3 is 10.1 Å². The van der Waals surface area contributed by atoms with Gasteiger partial charge in [-0.2, -0.15) is 5.10 Å². The molecular weight excluding hydrogens is 495 g/mol. The Morgan fingerprint density at radius 3 is 2.46 bits per heavy atom. The molecule has 2 aromatic heterocycles. The molecule has 37 heavy (non-hydrogen) atoms. The fraction of sp³-hybridized carbons (Fsp3) is 0.259. The molecule has 1 aliphatic rings. The number of carbonyl (C=O) groups is 1. The van der Waals surface area contributed by atoms with Crippen molar-refractivity contribution >= 4 is 27.1 Å². The molecule has 192 valence electrons. The molecule has 0 aliphatic heterocycles. The van der Waals surface area contributed by atoms with Crippen LogP contribution in [0.15, 0.2) is 60.8 Å². The number of amides is 1. The number of carbonyl (C=O) groups excluding carboxylic acids is 1. The predicted octanol–water partition coefficient (Wildman–Crippen LogP) is 4.37. The summed E-state index contributed by atoms with van der Waals surface area (Å²) in [6, 6.07) is 14.9. The lowest BCUT2D eigenvalue weighted by Crippen LogP contribution is -2.20. The second kappa shape index (κ2) is 9.85. The van der Waals surface area contributed by atoms with Crippen LogP contribution in [-0.4, -0.2) is 43.8 Å². The molecule has 0 spiro atoms. The topological polar surface area (TPSA) is 102 Å². The van der Waals surface area contributed by atoms with Crippen molar-refractivity contribution in [3.8, 4) is 17.0 Å². The Morgan fingerprint density at radius 1 is 1.14 bits per heavy atom. The molecule has 0 bridgehead atoms. The Balaban J connectivity index is 1.50. The lowest BCUT2D eigenvalue weighted by atomic mass is 10.0. The van der Waals surface area contributed by atoms with Crippen LogP contribution < -0.4 is 14.8 Å². The summed E-state index contributed by atoms with van der Waals surface area (Å²) in [6.07, 6.45) is 3.83. The number of aromatic nitrogens is 2. The normalized spacial score (nSPS) is 13.5. The summed E-state index contributed by atoms with van der Waals surface area (Å²) in [4.78, 5) is 12.9. The van der Waals surface area contributed by atoms with E-state index >= 15 is 0 Å². The van der Waals surface area contributed by atoms with Crippen LogP contribution in [0.1, 0.15) is 40.2 Å². The predicted molar refractivity (Wildman–Crippen MR) is 140 cm³/mol. The van der Waals surface area contributed by atoms with Gasteiger partial charge in [0, 0.05) is 12.6 Å². The van der Waals surface area contributed by atoms with Gasteiger partial charge in [-0.15, -0.1) is 0 Å². The maximum absolute atomic E-state index is 13.5. The highest BCUT2D eigenvalue weighted by molar-refractivity contribution is 7.92. The number of pyridine rings is 1. The van der Waals surface area contributed by atoms with Gasteiger partial charge in [-0.1, -0.05) is 12.1 Å². The van der Waals surface area contributed by atoms with Crippen molar-refractivity contribution in [3.05, 3.63) is 83.3 Å². The number of sulfonamides is 1. The molecule has 1 amide bonds. The van der Waals surface area contributed by atoms with Gasteiger partial charge in [-0.3, -0.25) is 9.52 Å². The SMILES string of the molecule is CNC(=O)c1c(-c2ccc(F)cc2)nn2cc(NS(=O)(=O)CCc3ccc(OC)cc3)c(C3CC3)cc12. The van der Waals surface area contributed by atoms with Gasteiger partial charge in [0.25, 0.3) is 5.91 Å². The zero-order valence-corrected chi connectivity index (χ0v) is 21.3. The number of anilines is 1. The number of aryl methyl sites for hydroxylation is 1. The zero-order chi connectivity index (χ0) is 26.2. The maximum atomic E-state index is 13.5. The third kappa shape index (κ3) is 5.29.